The second kappa shape index (κ2) is 5.87. The van der Waals surface area contributed by atoms with Gasteiger partial charge in [-0.15, -0.1) is 0 Å². The zero-order valence-corrected chi connectivity index (χ0v) is 12.7. The molecule has 0 aliphatic heterocycles. The van der Waals surface area contributed by atoms with E-state index in [0.29, 0.717) is 0 Å². The average Bonchev–Trinajstić information content (AvgIpc) is 2.36. The Labute approximate surface area is 116 Å². The quantitative estimate of drug-likeness (QED) is 0.903. The highest BCUT2D eigenvalue weighted by Gasteiger charge is 2.18. The summed E-state index contributed by atoms with van der Waals surface area (Å²) in [6, 6.07) is 0. The van der Waals surface area contributed by atoms with Crippen molar-refractivity contribution in [3.63, 3.8) is 0 Å². The monoisotopic (exact) mass is 262 g/mol. The van der Waals surface area contributed by atoms with Crippen LogP contribution in [0.4, 0.5) is 5.82 Å². The largest absolute Gasteiger partial charge is 0.358 e. The maximum Gasteiger partial charge on any atom is 0.135 e. The zero-order chi connectivity index (χ0) is 13.9. The molecule has 1 aromatic heterocycles. The third-order valence-corrected chi connectivity index (χ3v) is 3.57. The minimum absolute atomic E-state index is 0.173. The van der Waals surface area contributed by atoms with Gasteiger partial charge in [0, 0.05) is 36.9 Å². The first-order chi connectivity index (χ1) is 8.97. The molecule has 0 spiro atoms. The van der Waals surface area contributed by atoms with Crippen molar-refractivity contribution >= 4 is 5.82 Å². The van der Waals surface area contributed by atoms with Crippen molar-refractivity contribution in [2.75, 3.05) is 25.0 Å². The van der Waals surface area contributed by atoms with Crippen LogP contribution >= 0.6 is 0 Å². The van der Waals surface area contributed by atoms with Gasteiger partial charge >= 0.3 is 0 Å². The van der Waals surface area contributed by atoms with Gasteiger partial charge in [-0.3, -0.25) is 0 Å². The highest BCUT2D eigenvalue weighted by molar-refractivity contribution is 5.48. The molecule has 0 fully saturated rings. The third kappa shape index (κ3) is 3.90. The van der Waals surface area contributed by atoms with Gasteiger partial charge in [-0.2, -0.15) is 0 Å². The van der Waals surface area contributed by atoms with Gasteiger partial charge in [0.15, 0.2) is 0 Å². The summed E-state index contributed by atoms with van der Waals surface area (Å²) in [5, 5.41) is 3.52. The number of anilines is 1. The lowest BCUT2D eigenvalue weighted by Crippen LogP contribution is -2.41. The minimum atomic E-state index is 0.173. The van der Waals surface area contributed by atoms with Gasteiger partial charge in [0.05, 0.1) is 0 Å². The smallest absolute Gasteiger partial charge is 0.135 e. The van der Waals surface area contributed by atoms with Gasteiger partial charge in [-0.25, -0.2) is 9.97 Å². The van der Waals surface area contributed by atoms with E-state index < -0.39 is 0 Å². The minimum Gasteiger partial charge on any atom is -0.358 e. The number of aromatic nitrogens is 2. The van der Waals surface area contributed by atoms with Crippen LogP contribution < -0.4 is 10.2 Å². The maximum atomic E-state index is 4.49. The Kier molecular flexibility index (Phi) is 4.40. The molecule has 19 heavy (non-hydrogen) atoms. The van der Waals surface area contributed by atoms with E-state index in [1.807, 2.05) is 0 Å². The van der Waals surface area contributed by atoms with Crippen LogP contribution in [0.1, 0.15) is 44.9 Å². The summed E-state index contributed by atoms with van der Waals surface area (Å²) in [6.45, 7) is 8.53. The van der Waals surface area contributed by atoms with Crippen molar-refractivity contribution in [3.05, 3.63) is 17.6 Å². The molecule has 1 heterocycles. The number of aryl methyl sites for hydroxylation is 1. The summed E-state index contributed by atoms with van der Waals surface area (Å²) in [7, 11) is 2.13. The van der Waals surface area contributed by atoms with Gasteiger partial charge in [0.2, 0.25) is 0 Å². The first-order valence-corrected chi connectivity index (χ1v) is 7.26. The summed E-state index contributed by atoms with van der Waals surface area (Å²) in [4.78, 5) is 11.2. The normalized spacial score (nSPS) is 15.2. The van der Waals surface area contributed by atoms with Crippen molar-refractivity contribution < 1.29 is 0 Å². The molecule has 1 aromatic rings. The lowest BCUT2D eigenvalue weighted by molar-refractivity contribution is 0.430. The van der Waals surface area contributed by atoms with Gasteiger partial charge in [-0.1, -0.05) is 0 Å². The van der Waals surface area contributed by atoms with Crippen LogP contribution in [0, 0.1) is 0 Å². The molecule has 106 valence electrons. The van der Waals surface area contributed by atoms with E-state index in [1.54, 1.807) is 6.33 Å². The average molecular weight is 262 g/mol. The molecule has 0 amide bonds. The Morgan fingerprint density at radius 3 is 2.68 bits per heavy atom. The van der Waals surface area contributed by atoms with Crippen LogP contribution in [0.5, 0.6) is 0 Å². The fourth-order valence-electron chi connectivity index (χ4n) is 2.54. The molecule has 0 bridgehead atoms. The van der Waals surface area contributed by atoms with Crippen molar-refractivity contribution in [2.24, 2.45) is 0 Å². The highest BCUT2D eigenvalue weighted by Crippen LogP contribution is 2.26. The summed E-state index contributed by atoms with van der Waals surface area (Å²) in [5.41, 5.74) is 2.80. The molecule has 1 aliphatic rings. The predicted molar refractivity (Wildman–Crippen MR) is 79.7 cm³/mol. The fraction of sp³-hybridized carbons (Fsp3) is 0.733. The van der Waals surface area contributed by atoms with E-state index in [1.165, 1.54) is 24.1 Å². The summed E-state index contributed by atoms with van der Waals surface area (Å²) >= 11 is 0. The third-order valence-electron chi connectivity index (χ3n) is 3.57. The number of hydrogen-bond donors (Lipinski definition) is 1. The van der Waals surface area contributed by atoms with Crippen molar-refractivity contribution in [1.29, 1.82) is 0 Å². The van der Waals surface area contributed by atoms with Crippen LogP contribution in [0.15, 0.2) is 6.33 Å². The van der Waals surface area contributed by atoms with E-state index in [4.69, 9.17) is 0 Å². The molecule has 2 rings (SSSR count). The molecule has 0 unspecified atom stereocenters. The van der Waals surface area contributed by atoms with E-state index in [-0.39, 0.29) is 5.54 Å². The van der Waals surface area contributed by atoms with Gasteiger partial charge in [-0.05, 0) is 46.5 Å². The Morgan fingerprint density at radius 1 is 1.21 bits per heavy atom. The standard InChI is InChI=1S/C15H26N4/c1-15(2,3)18-9-10-19(4)14-12-7-5-6-8-13(12)16-11-17-14/h11,18H,5-10H2,1-4H3. The number of hydrogen-bond acceptors (Lipinski definition) is 4. The van der Waals surface area contributed by atoms with Crippen LogP contribution in [-0.4, -0.2) is 35.6 Å². The molecule has 1 aliphatic carbocycles. The van der Waals surface area contributed by atoms with Crippen molar-refractivity contribution in [3.8, 4) is 0 Å². The SMILES string of the molecule is CN(CCNC(C)(C)C)c1ncnc2c1CCCC2. The van der Waals surface area contributed by atoms with Crippen LogP contribution in [0.25, 0.3) is 0 Å². The molecule has 0 atom stereocenters. The Bertz CT molecular complexity index is 423. The molecule has 0 radical (unpaired) electrons. The Morgan fingerprint density at radius 2 is 1.95 bits per heavy atom. The summed E-state index contributed by atoms with van der Waals surface area (Å²) in [5.74, 6) is 1.13. The number of nitrogens with zero attached hydrogens (tertiary/aromatic N) is 3. The zero-order valence-electron chi connectivity index (χ0n) is 12.7. The number of likely N-dealkylation sites (N-methyl/N-ethyl adjacent to an activating group) is 1. The second-order valence-corrected chi connectivity index (χ2v) is 6.43. The molecular weight excluding hydrogens is 236 g/mol. The molecule has 4 heteroatoms. The first-order valence-electron chi connectivity index (χ1n) is 7.26. The lowest BCUT2D eigenvalue weighted by Gasteiger charge is -2.27. The highest BCUT2D eigenvalue weighted by atomic mass is 15.2. The first kappa shape index (κ1) is 14.3. The topological polar surface area (TPSA) is 41.0 Å². The Balaban J connectivity index is 2.01. The van der Waals surface area contributed by atoms with E-state index >= 15 is 0 Å². The van der Waals surface area contributed by atoms with Gasteiger partial charge in [0.1, 0.15) is 12.1 Å². The lowest BCUT2D eigenvalue weighted by atomic mass is 9.96. The fourth-order valence-corrected chi connectivity index (χ4v) is 2.54. The van der Waals surface area contributed by atoms with E-state index in [2.05, 4.69) is 48.0 Å². The molecular formula is C15H26N4. The van der Waals surface area contributed by atoms with E-state index in [0.717, 1.165) is 31.7 Å². The molecule has 0 saturated carbocycles. The Hall–Kier alpha value is -1.16. The van der Waals surface area contributed by atoms with E-state index in [9.17, 15) is 0 Å². The second-order valence-electron chi connectivity index (χ2n) is 6.43. The summed E-state index contributed by atoms with van der Waals surface area (Å²) in [6.07, 6.45) is 6.48. The molecule has 0 saturated heterocycles. The van der Waals surface area contributed by atoms with Crippen molar-refractivity contribution in [1.82, 2.24) is 15.3 Å². The molecule has 0 aromatic carbocycles. The van der Waals surface area contributed by atoms with Crippen LogP contribution in [0.2, 0.25) is 0 Å². The molecule has 4 nitrogen and oxygen atoms in total. The number of nitrogens with one attached hydrogen (secondary N) is 1. The molecule has 1 N–H and O–H groups in total. The number of fused-ring (bicyclic) bond motifs is 1. The van der Waals surface area contributed by atoms with Gasteiger partial charge in [0.25, 0.3) is 0 Å². The van der Waals surface area contributed by atoms with Crippen molar-refractivity contribution in [2.45, 2.75) is 52.0 Å². The maximum absolute atomic E-state index is 4.49. The number of rotatable bonds is 4. The van der Waals surface area contributed by atoms with Crippen LogP contribution in [0.3, 0.4) is 0 Å². The predicted octanol–water partition coefficient (Wildman–Crippen LogP) is 2.18. The summed E-state index contributed by atoms with van der Waals surface area (Å²) < 4.78 is 0. The van der Waals surface area contributed by atoms with Crippen LogP contribution in [-0.2, 0) is 12.8 Å². The van der Waals surface area contributed by atoms with Gasteiger partial charge < -0.3 is 10.2 Å².